The average Bonchev–Trinajstić information content (AvgIpc) is 2.81. The van der Waals surface area contributed by atoms with Crippen LogP contribution in [0.1, 0.15) is 23.0 Å². The first-order valence-electron chi connectivity index (χ1n) is 6.28. The van der Waals surface area contributed by atoms with E-state index >= 15 is 0 Å². The fraction of sp³-hybridized carbons (Fsp3) is 0.286. The Morgan fingerprint density at radius 2 is 2.24 bits per heavy atom. The summed E-state index contributed by atoms with van der Waals surface area (Å²) in [5.74, 6) is 0.117. The lowest BCUT2D eigenvalue weighted by Gasteiger charge is -2.10. The molecule has 1 aromatic heterocycles. The van der Waals surface area contributed by atoms with Crippen LogP contribution in [0.4, 0.5) is 0 Å². The molecule has 112 valence electrons. The topological polar surface area (TPSA) is 53.3 Å². The molecule has 1 heterocycles. The molecule has 0 aliphatic rings. The zero-order valence-corrected chi connectivity index (χ0v) is 13.9. The Kier molecular flexibility index (Phi) is 5.25. The van der Waals surface area contributed by atoms with Crippen molar-refractivity contribution in [3.05, 3.63) is 45.1 Å². The summed E-state index contributed by atoms with van der Waals surface area (Å²) in [5.41, 5.74) is 1.02. The number of hydrogen-bond donors (Lipinski definition) is 0. The van der Waals surface area contributed by atoms with Gasteiger partial charge in [-0.05, 0) is 25.1 Å². The Hall–Kier alpha value is -1.53. The third-order valence-electron chi connectivity index (χ3n) is 2.81. The van der Waals surface area contributed by atoms with Crippen LogP contribution in [0.25, 0.3) is 0 Å². The molecule has 0 unspecified atom stereocenters. The van der Waals surface area contributed by atoms with Crippen molar-refractivity contribution >= 4 is 33.5 Å². The predicted molar refractivity (Wildman–Crippen MR) is 82.6 cm³/mol. The number of carbonyl (C=O) groups excluding carboxylic acids is 1. The molecule has 0 spiro atoms. The lowest BCUT2D eigenvalue weighted by Crippen LogP contribution is -2.11. The van der Waals surface area contributed by atoms with Crippen molar-refractivity contribution in [1.82, 2.24) is 9.78 Å². The molecule has 5 nitrogen and oxygen atoms in total. The van der Waals surface area contributed by atoms with Gasteiger partial charge in [0.1, 0.15) is 17.9 Å². The minimum absolute atomic E-state index is 0.167. The molecule has 21 heavy (non-hydrogen) atoms. The molecular formula is C14H14BrClN2O3. The summed E-state index contributed by atoms with van der Waals surface area (Å²) in [5, 5.41) is 4.56. The molecule has 2 rings (SSSR count). The number of hydrogen-bond acceptors (Lipinski definition) is 4. The summed E-state index contributed by atoms with van der Waals surface area (Å²) < 4.78 is 13.1. The van der Waals surface area contributed by atoms with E-state index in [2.05, 4.69) is 21.0 Å². The van der Waals surface area contributed by atoms with E-state index in [0.717, 1.165) is 4.47 Å². The Balaban J connectivity index is 2.18. The summed E-state index contributed by atoms with van der Waals surface area (Å²) in [7, 11) is 1.74. The minimum Gasteiger partial charge on any atom is -0.486 e. The minimum atomic E-state index is -0.412. The lowest BCUT2D eigenvalue weighted by molar-refractivity contribution is 0.0523. The first-order chi connectivity index (χ1) is 10.0. The van der Waals surface area contributed by atoms with Crippen LogP contribution < -0.4 is 4.74 Å². The molecule has 0 amide bonds. The van der Waals surface area contributed by atoms with Crippen LogP contribution in [-0.2, 0) is 18.4 Å². The quantitative estimate of drug-likeness (QED) is 0.752. The number of carbonyl (C=O) groups is 1. The van der Waals surface area contributed by atoms with Gasteiger partial charge in [0.15, 0.2) is 0 Å². The third kappa shape index (κ3) is 3.77. The molecule has 0 aliphatic heterocycles. The maximum absolute atomic E-state index is 11.8. The number of benzene rings is 1. The first-order valence-corrected chi connectivity index (χ1v) is 7.46. The van der Waals surface area contributed by atoms with Crippen LogP contribution in [0.2, 0.25) is 5.02 Å². The van der Waals surface area contributed by atoms with Gasteiger partial charge in [0.25, 0.3) is 0 Å². The van der Waals surface area contributed by atoms with Crippen molar-refractivity contribution in [2.45, 2.75) is 13.5 Å². The normalized spacial score (nSPS) is 10.5. The second-order valence-electron chi connectivity index (χ2n) is 4.21. The molecule has 0 saturated heterocycles. The number of ether oxygens (including phenoxy) is 2. The maximum atomic E-state index is 11.8. The van der Waals surface area contributed by atoms with Crippen LogP contribution in [0.3, 0.4) is 0 Å². The zero-order chi connectivity index (χ0) is 15.4. The second-order valence-corrected chi connectivity index (χ2v) is 5.54. The molecule has 0 fully saturated rings. The number of nitrogens with zero attached hydrogens (tertiary/aromatic N) is 2. The molecule has 0 bridgehead atoms. The third-order valence-corrected chi connectivity index (χ3v) is 3.62. The van der Waals surface area contributed by atoms with E-state index in [0.29, 0.717) is 28.6 Å². The Morgan fingerprint density at radius 1 is 1.48 bits per heavy atom. The van der Waals surface area contributed by atoms with Gasteiger partial charge in [0, 0.05) is 11.5 Å². The number of rotatable bonds is 5. The molecule has 0 radical (unpaired) electrons. The summed E-state index contributed by atoms with van der Waals surface area (Å²) in [4.78, 5) is 11.8. The van der Waals surface area contributed by atoms with Crippen molar-refractivity contribution in [2.75, 3.05) is 6.61 Å². The number of halogens is 2. The van der Waals surface area contributed by atoms with E-state index in [4.69, 9.17) is 21.1 Å². The van der Waals surface area contributed by atoms with Crippen LogP contribution in [-0.4, -0.2) is 22.4 Å². The van der Waals surface area contributed by atoms with Crippen molar-refractivity contribution < 1.29 is 14.3 Å². The summed E-state index contributed by atoms with van der Waals surface area (Å²) in [6.45, 7) is 2.23. The zero-order valence-electron chi connectivity index (χ0n) is 11.6. The van der Waals surface area contributed by atoms with Gasteiger partial charge in [-0.2, -0.15) is 5.10 Å². The monoisotopic (exact) mass is 372 g/mol. The lowest BCUT2D eigenvalue weighted by atomic mass is 10.2. The van der Waals surface area contributed by atoms with Crippen molar-refractivity contribution in [3.63, 3.8) is 0 Å². The molecule has 0 atom stereocenters. The Bertz CT molecular complexity index is 658. The van der Waals surface area contributed by atoms with Crippen LogP contribution in [0.15, 0.2) is 28.9 Å². The predicted octanol–water partition coefficient (Wildman–Crippen LogP) is 3.59. The van der Waals surface area contributed by atoms with Gasteiger partial charge < -0.3 is 9.47 Å². The Morgan fingerprint density at radius 3 is 2.95 bits per heavy atom. The van der Waals surface area contributed by atoms with Gasteiger partial charge >= 0.3 is 5.97 Å². The van der Waals surface area contributed by atoms with E-state index < -0.39 is 5.97 Å². The summed E-state index contributed by atoms with van der Waals surface area (Å²) >= 11 is 9.43. The smallest absolute Gasteiger partial charge is 0.341 e. The number of aryl methyl sites for hydroxylation is 1. The van der Waals surface area contributed by atoms with Gasteiger partial charge in [-0.25, -0.2) is 4.79 Å². The highest BCUT2D eigenvalue weighted by molar-refractivity contribution is 9.10. The first kappa shape index (κ1) is 15.9. The second kappa shape index (κ2) is 6.95. The molecule has 0 N–H and O–H groups in total. The maximum Gasteiger partial charge on any atom is 0.341 e. The summed E-state index contributed by atoms with van der Waals surface area (Å²) in [6.07, 6.45) is 1.47. The van der Waals surface area contributed by atoms with Crippen molar-refractivity contribution in [1.29, 1.82) is 0 Å². The molecule has 7 heteroatoms. The van der Waals surface area contributed by atoms with Crippen LogP contribution in [0.5, 0.6) is 5.75 Å². The molecule has 1 aromatic carbocycles. The molecule has 0 aliphatic carbocycles. The van der Waals surface area contributed by atoms with E-state index in [1.54, 1.807) is 30.8 Å². The highest BCUT2D eigenvalue weighted by Crippen LogP contribution is 2.28. The van der Waals surface area contributed by atoms with E-state index in [1.807, 2.05) is 6.07 Å². The van der Waals surface area contributed by atoms with E-state index in [-0.39, 0.29) is 6.61 Å². The fourth-order valence-corrected chi connectivity index (χ4v) is 2.26. The Labute approximate surface area is 135 Å². The molecule has 2 aromatic rings. The fourth-order valence-electron chi connectivity index (χ4n) is 1.75. The van der Waals surface area contributed by atoms with Gasteiger partial charge in [-0.3, -0.25) is 4.68 Å². The number of aromatic nitrogens is 2. The van der Waals surface area contributed by atoms with Crippen LogP contribution in [0, 0.1) is 0 Å². The average molecular weight is 374 g/mol. The van der Waals surface area contributed by atoms with Gasteiger partial charge in [-0.1, -0.05) is 27.5 Å². The highest BCUT2D eigenvalue weighted by Gasteiger charge is 2.18. The van der Waals surface area contributed by atoms with E-state index in [9.17, 15) is 4.79 Å². The highest BCUT2D eigenvalue weighted by atomic mass is 79.9. The van der Waals surface area contributed by atoms with E-state index in [1.165, 1.54) is 6.20 Å². The molecular weight excluding hydrogens is 360 g/mol. The number of esters is 1. The van der Waals surface area contributed by atoms with Crippen LogP contribution >= 0.6 is 27.5 Å². The summed E-state index contributed by atoms with van der Waals surface area (Å²) in [6, 6.07) is 5.32. The van der Waals surface area contributed by atoms with Gasteiger partial charge in [-0.15, -0.1) is 0 Å². The largest absolute Gasteiger partial charge is 0.486 e. The van der Waals surface area contributed by atoms with Gasteiger partial charge in [0.05, 0.1) is 23.5 Å². The van der Waals surface area contributed by atoms with Gasteiger partial charge in [0.2, 0.25) is 0 Å². The van der Waals surface area contributed by atoms with Crippen molar-refractivity contribution in [2.24, 2.45) is 7.05 Å². The SMILES string of the molecule is CCOC(=O)c1cnn(C)c1COc1cc(Br)ccc1Cl. The molecule has 0 saturated carbocycles. The van der Waals surface area contributed by atoms with Crippen molar-refractivity contribution in [3.8, 4) is 5.75 Å². The standard InChI is InChI=1S/C14H14BrClN2O3/c1-3-20-14(19)10-7-17-18(2)12(10)8-21-13-6-9(15)4-5-11(13)16/h4-7H,3,8H2,1-2H3.